The molecule has 2 heterocycles. The Kier molecular flexibility index (Phi) is 3.29. The Morgan fingerprint density at radius 2 is 1.92 bits per heavy atom. The van der Waals surface area contributed by atoms with Crippen molar-refractivity contribution in [2.45, 2.75) is 19.8 Å². The van der Waals surface area contributed by atoms with Crippen molar-refractivity contribution in [2.24, 2.45) is 5.92 Å². The van der Waals surface area contributed by atoms with Gasteiger partial charge in [0.05, 0.1) is 5.69 Å². The van der Waals surface area contributed by atoms with Crippen molar-refractivity contribution in [3.8, 4) is 17.7 Å². The summed E-state index contributed by atoms with van der Waals surface area (Å²) in [5.74, 6) is 1.53. The number of nitriles is 1. The maximum atomic E-state index is 9.37. The van der Waals surface area contributed by atoms with Gasteiger partial charge >= 0.3 is 0 Å². The van der Waals surface area contributed by atoms with Gasteiger partial charge in [-0.15, -0.1) is 0 Å². The molecule has 4 N–H and O–H groups in total. The summed E-state index contributed by atoms with van der Waals surface area (Å²) in [6.07, 6.45) is 0. The predicted molar refractivity (Wildman–Crippen MR) is 98.5 cm³/mol. The molecule has 2 aromatic carbocycles. The first-order valence-electron chi connectivity index (χ1n) is 8.21. The minimum Gasteiger partial charge on any atom is -0.438 e. The Hall–Kier alpha value is -3.26. The third-order valence-electron chi connectivity index (χ3n) is 4.80. The third kappa shape index (κ3) is 2.11. The molecule has 0 spiro atoms. The smallest absolute Gasteiger partial charge is 0.227 e. The standard InChI is InChI=1S/C20H18N4O/c1-10(2)15-13-8-7-11-5-3-4-6-12(11)18(13)25-20-16(15)17(22)14(9-21)19(23)24-20/h3-8,10,15H,1-2H3,(H4,22,23,24)/t15-/m1/s1. The average Bonchev–Trinajstić information content (AvgIpc) is 2.60. The second-order valence-electron chi connectivity index (χ2n) is 6.65. The molecule has 0 aliphatic carbocycles. The molecule has 0 fully saturated rings. The van der Waals surface area contributed by atoms with Crippen molar-refractivity contribution in [1.82, 2.24) is 4.98 Å². The highest BCUT2D eigenvalue weighted by atomic mass is 16.5. The van der Waals surface area contributed by atoms with Gasteiger partial charge in [0.15, 0.2) is 0 Å². The number of nitrogen functional groups attached to an aromatic ring is 2. The summed E-state index contributed by atoms with van der Waals surface area (Å²) < 4.78 is 6.15. The van der Waals surface area contributed by atoms with Crippen LogP contribution in [-0.4, -0.2) is 4.98 Å². The second-order valence-corrected chi connectivity index (χ2v) is 6.65. The lowest BCUT2D eigenvalue weighted by atomic mass is 9.79. The van der Waals surface area contributed by atoms with Gasteiger partial charge in [-0.05, 0) is 11.3 Å². The monoisotopic (exact) mass is 330 g/mol. The van der Waals surface area contributed by atoms with Gasteiger partial charge in [-0.1, -0.05) is 50.2 Å². The molecular formula is C20H18N4O. The first-order chi connectivity index (χ1) is 12.0. The summed E-state index contributed by atoms with van der Waals surface area (Å²) in [5.41, 5.74) is 14.6. The largest absolute Gasteiger partial charge is 0.438 e. The Labute approximate surface area is 145 Å². The number of ether oxygens (including phenoxy) is 1. The van der Waals surface area contributed by atoms with Gasteiger partial charge in [0, 0.05) is 22.4 Å². The van der Waals surface area contributed by atoms with Crippen LogP contribution in [0, 0.1) is 17.2 Å². The van der Waals surface area contributed by atoms with Crippen LogP contribution in [0.1, 0.15) is 36.5 Å². The maximum Gasteiger partial charge on any atom is 0.227 e. The summed E-state index contributed by atoms with van der Waals surface area (Å²) in [4.78, 5) is 4.34. The van der Waals surface area contributed by atoms with E-state index in [1.807, 2.05) is 24.3 Å². The first kappa shape index (κ1) is 15.3. The molecule has 124 valence electrons. The van der Waals surface area contributed by atoms with Crippen molar-refractivity contribution in [3.63, 3.8) is 0 Å². The highest BCUT2D eigenvalue weighted by Crippen LogP contribution is 2.52. The lowest BCUT2D eigenvalue weighted by Gasteiger charge is -2.32. The number of pyridine rings is 1. The first-order valence-corrected chi connectivity index (χ1v) is 8.21. The van der Waals surface area contributed by atoms with Crippen LogP contribution in [0.15, 0.2) is 36.4 Å². The van der Waals surface area contributed by atoms with Crippen LogP contribution in [0.2, 0.25) is 0 Å². The van der Waals surface area contributed by atoms with Crippen LogP contribution in [0.4, 0.5) is 11.5 Å². The minimum absolute atomic E-state index is 0.0106. The quantitative estimate of drug-likeness (QED) is 0.698. The van der Waals surface area contributed by atoms with E-state index in [-0.39, 0.29) is 23.2 Å². The van der Waals surface area contributed by atoms with E-state index < -0.39 is 0 Å². The highest BCUT2D eigenvalue weighted by molar-refractivity contribution is 5.91. The molecule has 0 bridgehead atoms. The molecule has 0 saturated heterocycles. The molecule has 4 rings (SSSR count). The lowest BCUT2D eigenvalue weighted by Crippen LogP contribution is -2.20. The van der Waals surface area contributed by atoms with Crippen molar-refractivity contribution >= 4 is 22.3 Å². The normalized spacial score (nSPS) is 15.4. The van der Waals surface area contributed by atoms with E-state index in [9.17, 15) is 5.26 Å². The third-order valence-corrected chi connectivity index (χ3v) is 4.80. The van der Waals surface area contributed by atoms with Crippen LogP contribution in [-0.2, 0) is 0 Å². The van der Waals surface area contributed by atoms with E-state index in [0.717, 1.165) is 27.6 Å². The van der Waals surface area contributed by atoms with Crippen molar-refractivity contribution in [3.05, 3.63) is 53.1 Å². The molecule has 1 aromatic heterocycles. The summed E-state index contributed by atoms with van der Waals surface area (Å²) in [6.45, 7) is 4.25. The summed E-state index contributed by atoms with van der Waals surface area (Å²) in [7, 11) is 0. The molecule has 1 aliphatic heterocycles. The molecule has 1 aliphatic rings. The Morgan fingerprint density at radius 3 is 2.64 bits per heavy atom. The van der Waals surface area contributed by atoms with Crippen LogP contribution in [0.5, 0.6) is 11.6 Å². The van der Waals surface area contributed by atoms with E-state index in [0.29, 0.717) is 11.6 Å². The number of fused-ring (bicyclic) bond motifs is 4. The van der Waals surface area contributed by atoms with Crippen LogP contribution >= 0.6 is 0 Å². The number of anilines is 2. The summed E-state index contributed by atoms with van der Waals surface area (Å²) >= 11 is 0. The Morgan fingerprint density at radius 1 is 1.16 bits per heavy atom. The number of hydrogen-bond donors (Lipinski definition) is 2. The maximum absolute atomic E-state index is 9.37. The number of nitrogens with zero attached hydrogens (tertiary/aromatic N) is 2. The van der Waals surface area contributed by atoms with Gasteiger partial charge in [-0.3, -0.25) is 0 Å². The van der Waals surface area contributed by atoms with Gasteiger partial charge in [0.25, 0.3) is 0 Å². The molecule has 25 heavy (non-hydrogen) atoms. The van der Waals surface area contributed by atoms with E-state index in [1.54, 1.807) is 0 Å². The van der Waals surface area contributed by atoms with E-state index in [4.69, 9.17) is 16.2 Å². The van der Waals surface area contributed by atoms with Crippen molar-refractivity contribution in [2.75, 3.05) is 11.5 Å². The molecular weight excluding hydrogens is 312 g/mol. The zero-order valence-electron chi connectivity index (χ0n) is 14.1. The van der Waals surface area contributed by atoms with Crippen LogP contribution < -0.4 is 16.2 Å². The van der Waals surface area contributed by atoms with Crippen LogP contribution in [0.3, 0.4) is 0 Å². The van der Waals surface area contributed by atoms with E-state index in [2.05, 4.69) is 37.0 Å². The van der Waals surface area contributed by atoms with Gasteiger partial charge < -0.3 is 16.2 Å². The summed E-state index contributed by atoms with van der Waals surface area (Å²) in [6, 6.07) is 14.3. The fourth-order valence-corrected chi connectivity index (χ4v) is 3.67. The summed E-state index contributed by atoms with van der Waals surface area (Å²) in [5, 5.41) is 11.5. The number of aromatic nitrogens is 1. The van der Waals surface area contributed by atoms with Crippen molar-refractivity contribution in [1.29, 1.82) is 5.26 Å². The van der Waals surface area contributed by atoms with Gasteiger partial charge in [0.1, 0.15) is 23.2 Å². The van der Waals surface area contributed by atoms with Gasteiger partial charge in [0.2, 0.25) is 5.88 Å². The molecule has 0 radical (unpaired) electrons. The Bertz CT molecular complexity index is 1050. The zero-order chi connectivity index (χ0) is 17.7. The minimum atomic E-state index is -0.0106. The molecule has 0 saturated carbocycles. The van der Waals surface area contributed by atoms with Crippen LogP contribution in [0.25, 0.3) is 10.8 Å². The fourth-order valence-electron chi connectivity index (χ4n) is 3.67. The predicted octanol–water partition coefficient (Wildman–Crippen LogP) is 4.16. The zero-order valence-corrected chi connectivity index (χ0v) is 14.1. The number of hydrogen-bond acceptors (Lipinski definition) is 5. The molecule has 5 heteroatoms. The van der Waals surface area contributed by atoms with E-state index >= 15 is 0 Å². The number of rotatable bonds is 1. The molecule has 1 atom stereocenters. The molecule has 0 amide bonds. The SMILES string of the molecule is CC(C)[C@@H]1c2ccc3ccccc3c2Oc2nc(N)c(C#N)c(N)c21. The molecule has 5 nitrogen and oxygen atoms in total. The number of nitrogens with two attached hydrogens (primary N) is 2. The van der Waals surface area contributed by atoms with Gasteiger partial charge in [-0.2, -0.15) is 10.2 Å². The Balaban J connectivity index is 2.06. The van der Waals surface area contributed by atoms with Gasteiger partial charge in [-0.25, -0.2) is 0 Å². The average molecular weight is 330 g/mol. The fraction of sp³-hybridized carbons (Fsp3) is 0.200. The molecule has 3 aromatic rings. The highest BCUT2D eigenvalue weighted by Gasteiger charge is 2.35. The topological polar surface area (TPSA) is 98.0 Å². The second kappa shape index (κ2) is 5.38. The van der Waals surface area contributed by atoms with E-state index in [1.165, 1.54) is 0 Å². The molecule has 0 unspecified atom stereocenters. The number of benzene rings is 2. The lowest BCUT2D eigenvalue weighted by molar-refractivity contribution is 0.410. The van der Waals surface area contributed by atoms with Crippen molar-refractivity contribution < 1.29 is 4.74 Å².